The topological polar surface area (TPSA) is 35.5 Å². The zero-order valence-corrected chi connectivity index (χ0v) is 8.53. The Balaban J connectivity index is 1.83. The van der Waals surface area contributed by atoms with Crippen molar-refractivity contribution in [2.75, 3.05) is 19.6 Å². The van der Waals surface area contributed by atoms with Crippen molar-refractivity contribution in [3.63, 3.8) is 0 Å². The molecule has 0 saturated carbocycles. The van der Waals surface area contributed by atoms with Crippen LogP contribution in [0.4, 0.5) is 0 Å². The Morgan fingerprint density at radius 1 is 1.54 bits per heavy atom. The zero-order chi connectivity index (χ0) is 9.42. The Morgan fingerprint density at radius 3 is 2.77 bits per heavy atom. The van der Waals surface area contributed by atoms with Crippen LogP contribution in [0.5, 0.6) is 0 Å². The first kappa shape index (κ1) is 9.44. The van der Waals surface area contributed by atoms with E-state index in [0.29, 0.717) is 18.0 Å². The van der Waals surface area contributed by atoms with Crippen LogP contribution >= 0.6 is 0 Å². The van der Waals surface area contributed by atoms with E-state index < -0.39 is 0 Å². The number of likely N-dealkylation sites (tertiary alicyclic amines) is 1. The summed E-state index contributed by atoms with van der Waals surface area (Å²) in [6.07, 6.45) is 1.13. The number of nitrogens with zero attached hydrogens (tertiary/aromatic N) is 1. The number of fused-ring (bicyclic) bond motifs is 2. The summed E-state index contributed by atoms with van der Waals surface area (Å²) < 4.78 is 0. The molecule has 3 atom stereocenters. The second kappa shape index (κ2) is 3.56. The van der Waals surface area contributed by atoms with Gasteiger partial charge in [0.1, 0.15) is 0 Å². The van der Waals surface area contributed by atoms with Gasteiger partial charge in [0, 0.05) is 31.7 Å². The maximum Gasteiger partial charge on any atom is 0.0690 e. The highest BCUT2D eigenvalue weighted by Crippen LogP contribution is 2.23. The van der Waals surface area contributed by atoms with Crippen molar-refractivity contribution in [1.29, 1.82) is 0 Å². The first-order valence-electron chi connectivity index (χ1n) is 5.32. The maximum absolute atomic E-state index is 9.75. The predicted octanol–water partition coefficient (Wildman–Crippen LogP) is 0.0494. The predicted molar refractivity (Wildman–Crippen MR) is 52.6 cm³/mol. The molecule has 2 heterocycles. The monoisotopic (exact) mass is 184 g/mol. The molecule has 2 bridgehead atoms. The number of piperazine rings is 1. The number of aliphatic hydroxyl groups excluding tert-OH is 1. The van der Waals surface area contributed by atoms with Gasteiger partial charge in [-0.25, -0.2) is 0 Å². The van der Waals surface area contributed by atoms with Crippen LogP contribution in [-0.4, -0.2) is 47.8 Å². The lowest BCUT2D eigenvalue weighted by molar-refractivity contribution is 0.0663. The molecule has 0 aromatic heterocycles. The Hall–Kier alpha value is -0.120. The minimum absolute atomic E-state index is 0.153. The second-order valence-corrected chi connectivity index (χ2v) is 4.76. The Bertz CT molecular complexity index is 184. The van der Waals surface area contributed by atoms with E-state index in [4.69, 9.17) is 0 Å². The van der Waals surface area contributed by atoms with E-state index in [1.807, 2.05) is 0 Å². The van der Waals surface area contributed by atoms with E-state index in [0.717, 1.165) is 19.6 Å². The van der Waals surface area contributed by atoms with Gasteiger partial charge in [-0.15, -0.1) is 0 Å². The summed E-state index contributed by atoms with van der Waals surface area (Å²) in [5.74, 6) is 0.382. The number of hydrogen-bond acceptors (Lipinski definition) is 3. The SMILES string of the molecule is CC(C)C(O)CN1CC2CC1CN2. The van der Waals surface area contributed by atoms with Gasteiger partial charge < -0.3 is 10.4 Å². The largest absolute Gasteiger partial charge is 0.392 e. The average Bonchev–Trinajstić information content (AvgIpc) is 2.64. The van der Waals surface area contributed by atoms with Gasteiger partial charge in [-0.2, -0.15) is 0 Å². The van der Waals surface area contributed by atoms with Crippen molar-refractivity contribution in [3.05, 3.63) is 0 Å². The number of nitrogens with one attached hydrogen (secondary N) is 1. The van der Waals surface area contributed by atoms with Gasteiger partial charge in [-0.1, -0.05) is 13.8 Å². The van der Waals surface area contributed by atoms with Crippen molar-refractivity contribution in [3.8, 4) is 0 Å². The highest BCUT2D eigenvalue weighted by molar-refractivity contribution is 4.97. The molecule has 2 rings (SSSR count). The highest BCUT2D eigenvalue weighted by Gasteiger charge is 2.38. The fourth-order valence-electron chi connectivity index (χ4n) is 2.32. The standard InChI is InChI=1S/C10H20N2O/c1-7(2)10(13)6-12-5-8-3-9(12)4-11-8/h7-11,13H,3-6H2,1-2H3. The van der Waals surface area contributed by atoms with Crippen LogP contribution in [0.3, 0.4) is 0 Å². The molecule has 2 fully saturated rings. The maximum atomic E-state index is 9.75. The van der Waals surface area contributed by atoms with E-state index in [-0.39, 0.29) is 6.10 Å². The normalized spacial score (nSPS) is 36.0. The van der Waals surface area contributed by atoms with Gasteiger partial charge in [-0.3, -0.25) is 4.90 Å². The summed E-state index contributed by atoms with van der Waals surface area (Å²) in [7, 11) is 0. The molecule has 2 aliphatic heterocycles. The van der Waals surface area contributed by atoms with Gasteiger partial charge in [0.05, 0.1) is 6.10 Å². The van der Waals surface area contributed by atoms with E-state index in [1.54, 1.807) is 0 Å². The molecule has 3 nitrogen and oxygen atoms in total. The summed E-state index contributed by atoms with van der Waals surface area (Å²) in [6, 6.07) is 1.39. The molecule has 3 unspecified atom stereocenters. The van der Waals surface area contributed by atoms with E-state index in [1.165, 1.54) is 6.42 Å². The molecule has 76 valence electrons. The Kier molecular flexibility index (Phi) is 2.58. The smallest absolute Gasteiger partial charge is 0.0690 e. The third-order valence-electron chi connectivity index (χ3n) is 3.36. The lowest BCUT2D eigenvalue weighted by atomic mass is 10.1. The van der Waals surface area contributed by atoms with Crippen LogP contribution in [0.1, 0.15) is 20.3 Å². The van der Waals surface area contributed by atoms with Crippen molar-refractivity contribution < 1.29 is 5.11 Å². The minimum atomic E-state index is -0.153. The third-order valence-corrected chi connectivity index (χ3v) is 3.36. The van der Waals surface area contributed by atoms with Crippen LogP contribution in [0, 0.1) is 5.92 Å². The van der Waals surface area contributed by atoms with Gasteiger partial charge >= 0.3 is 0 Å². The van der Waals surface area contributed by atoms with Crippen LogP contribution in [-0.2, 0) is 0 Å². The number of hydrogen-bond donors (Lipinski definition) is 2. The fourth-order valence-corrected chi connectivity index (χ4v) is 2.32. The summed E-state index contributed by atoms with van der Waals surface area (Å²) >= 11 is 0. The van der Waals surface area contributed by atoms with Crippen molar-refractivity contribution in [1.82, 2.24) is 10.2 Å². The molecular formula is C10H20N2O. The summed E-state index contributed by atoms with van der Waals surface area (Å²) in [5.41, 5.74) is 0. The zero-order valence-electron chi connectivity index (χ0n) is 8.53. The Labute approximate surface area is 80.1 Å². The molecule has 3 heteroatoms. The van der Waals surface area contributed by atoms with Crippen molar-refractivity contribution >= 4 is 0 Å². The number of β-amino-alcohol motifs (C(OH)–C–C–N with tert-alkyl or cyclic N) is 1. The highest BCUT2D eigenvalue weighted by atomic mass is 16.3. The van der Waals surface area contributed by atoms with Gasteiger partial charge in [0.15, 0.2) is 0 Å². The molecule has 2 aliphatic rings. The summed E-state index contributed by atoms with van der Waals surface area (Å²) in [5, 5.41) is 13.2. The molecule has 13 heavy (non-hydrogen) atoms. The minimum Gasteiger partial charge on any atom is -0.392 e. The summed E-state index contributed by atoms with van der Waals surface area (Å²) in [6.45, 7) is 7.28. The van der Waals surface area contributed by atoms with E-state index in [9.17, 15) is 5.11 Å². The lowest BCUT2D eigenvalue weighted by Gasteiger charge is -2.30. The quantitative estimate of drug-likeness (QED) is 0.650. The molecule has 0 aromatic rings. The molecule has 2 saturated heterocycles. The molecule has 0 aromatic carbocycles. The van der Waals surface area contributed by atoms with Gasteiger partial charge in [0.2, 0.25) is 0 Å². The lowest BCUT2D eigenvalue weighted by Crippen LogP contribution is -2.47. The Morgan fingerprint density at radius 2 is 2.31 bits per heavy atom. The third kappa shape index (κ3) is 1.87. The first-order chi connectivity index (χ1) is 6.16. The molecule has 2 N–H and O–H groups in total. The molecular weight excluding hydrogens is 164 g/mol. The molecule has 0 spiro atoms. The van der Waals surface area contributed by atoms with Crippen molar-refractivity contribution in [2.45, 2.75) is 38.5 Å². The second-order valence-electron chi connectivity index (χ2n) is 4.76. The molecule has 0 aliphatic carbocycles. The van der Waals surface area contributed by atoms with Crippen LogP contribution in [0.25, 0.3) is 0 Å². The van der Waals surface area contributed by atoms with E-state index in [2.05, 4.69) is 24.1 Å². The molecule has 0 radical (unpaired) electrons. The fraction of sp³-hybridized carbons (Fsp3) is 1.00. The average molecular weight is 184 g/mol. The van der Waals surface area contributed by atoms with E-state index >= 15 is 0 Å². The van der Waals surface area contributed by atoms with Crippen LogP contribution in [0.15, 0.2) is 0 Å². The van der Waals surface area contributed by atoms with Gasteiger partial charge in [0.25, 0.3) is 0 Å². The number of rotatable bonds is 3. The van der Waals surface area contributed by atoms with Gasteiger partial charge in [-0.05, 0) is 12.3 Å². The van der Waals surface area contributed by atoms with Crippen LogP contribution in [0.2, 0.25) is 0 Å². The number of aliphatic hydroxyl groups is 1. The first-order valence-corrected chi connectivity index (χ1v) is 5.32. The summed E-state index contributed by atoms with van der Waals surface area (Å²) in [4.78, 5) is 2.44. The van der Waals surface area contributed by atoms with Crippen LogP contribution < -0.4 is 5.32 Å². The van der Waals surface area contributed by atoms with Crippen molar-refractivity contribution in [2.24, 2.45) is 5.92 Å². The molecule has 0 amide bonds.